The van der Waals surface area contributed by atoms with E-state index < -0.39 is 0 Å². The first-order chi connectivity index (χ1) is 9.22. The van der Waals surface area contributed by atoms with Gasteiger partial charge >= 0.3 is 0 Å². The molecule has 0 saturated carbocycles. The molecule has 0 spiro atoms. The Bertz CT molecular complexity index is 719. The van der Waals surface area contributed by atoms with E-state index in [0.717, 1.165) is 25.7 Å². The van der Waals surface area contributed by atoms with Gasteiger partial charge in [-0.15, -0.1) is 22.7 Å². The zero-order valence-corrected chi connectivity index (χ0v) is 11.6. The van der Waals surface area contributed by atoms with Crippen LogP contribution in [0.1, 0.15) is 9.88 Å². The normalized spacial score (nSPS) is 10.7. The average Bonchev–Trinajstić information content (AvgIpc) is 3.04. The van der Waals surface area contributed by atoms with Crippen molar-refractivity contribution in [2.24, 2.45) is 5.73 Å². The SMILES string of the molecule is N=C(N)c1cc2ccc(OCc3nccs3)cc2s1. The molecule has 3 aromatic rings. The Balaban J connectivity index is 1.82. The molecule has 0 aliphatic heterocycles. The monoisotopic (exact) mass is 289 g/mol. The van der Waals surface area contributed by atoms with Crippen LogP contribution in [0, 0.1) is 5.41 Å². The topological polar surface area (TPSA) is 72.0 Å². The van der Waals surface area contributed by atoms with Gasteiger partial charge < -0.3 is 10.5 Å². The van der Waals surface area contributed by atoms with E-state index in [2.05, 4.69) is 4.98 Å². The van der Waals surface area contributed by atoms with E-state index in [1.165, 1.54) is 11.3 Å². The van der Waals surface area contributed by atoms with Gasteiger partial charge in [-0.3, -0.25) is 5.41 Å². The molecule has 0 radical (unpaired) electrons. The van der Waals surface area contributed by atoms with Crippen LogP contribution in [0.3, 0.4) is 0 Å². The lowest BCUT2D eigenvalue weighted by molar-refractivity contribution is 0.306. The number of nitrogens with two attached hydrogens (primary N) is 1. The van der Waals surface area contributed by atoms with Crippen LogP contribution in [0.15, 0.2) is 35.8 Å². The fourth-order valence-electron chi connectivity index (χ4n) is 1.70. The number of rotatable bonds is 4. The quantitative estimate of drug-likeness (QED) is 0.572. The van der Waals surface area contributed by atoms with Crippen molar-refractivity contribution in [3.63, 3.8) is 0 Å². The molecule has 3 rings (SSSR count). The number of hydrogen-bond acceptors (Lipinski definition) is 5. The van der Waals surface area contributed by atoms with Crippen molar-refractivity contribution >= 4 is 38.6 Å². The highest BCUT2D eigenvalue weighted by Crippen LogP contribution is 2.29. The molecule has 2 aromatic heterocycles. The Morgan fingerprint density at radius 3 is 3.00 bits per heavy atom. The molecule has 0 amide bonds. The van der Waals surface area contributed by atoms with Gasteiger partial charge in [-0.1, -0.05) is 0 Å². The van der Waals surface area contributed by atoms with Gasteiger partial charge in [0.05, 0.1) is 4.88 Å². The lowest BCUT2D eigenvalue weighted by Gasteiger charge is -2.03. The first kappa shape index (κ1) is 12.1. The van der Waals surface area contributed by atoms with Gasteiger partial charge in [0.2, 0.25) is 0 Å². The maximum absolute atomic E-state index is 7.45. The van der Waals surface area contributed by atoms with Crippen molar-refractivity contribution in [3.8, 4) is 5.75 Å². The maximum Gasteiger partial charge on any atom is 0.140 e. The molecular weight excluding hydrogens is 278 g/mol. The summed E-state index contributed by atoms with van der Waals surface area (Å²) in [6.07, 6.45) is 1.77. The smallest absolute Gasteiger partial charge is 0.140 e. The number of nitrogens with zero attached hydrogens (tertiary/aromatic N) is 1. The van der Waals surface area contributed by atoms with Gasteiger partial charge in [0.15, 0.2) is 0 Å². The van der Waals surface area contributed by atoms with Crippen molar-refractivity contribution < 1.29 is 4.74 Å². The zero-order valence-electron chi connectivity index (χ0n) is 9.92. The molecule has 0 aliphatic carbocycles. The minimum atomic E-state index is 0.103. The summed E-state index contributed by atoms with van der Waals surface area (Å²) in [6, 6.07) is 7.80. The summed E-state index contributed by atoms with van der Waals surface area (Å²) in [5, 5.41) is 11.4. The maximum atomic E-state index is 7.45. The first-order valence-corrected chi connectivity index (χ1v) is 7.31. The number of nitrogens with one attached hydrogen (secondary N) is 1. The highest BCUT2D eigenvalue weighted by Gasteiger charge is 2.06. The standard InChI is InChI=1S/C13H11N3OS2/c14-13(15)11-5-8-1-2-9(6-10(8)19-11)17-7-12-16-3-4-18-12/h1-6H,7H2,(H3,14,15). The van der Waals surface area contributed by atoms with Crippen molar-refractivity contribution in [2.45, 2.75) is 6.61 Å². The molecule has 3 N–H and O–H groups in total. The summed E-state index contributed by atoms with van der Waals surface area (Å²) in [5.41, 5.74) is 5.49. The predicted molar refractivity (Wildman–Crippen MR) is 79.3 cm³/mol. The van der Waals surface area contributed by atoms with E-state index in [4.69, 9.17) is 15.9 Å². The number of benzene rings is 1. The number of thiazole rings is 1. The van der Waals surface area contributed by atoms with Crippen molar-refractivity contribution in [1.29, 1.82) is 5.41 Å². The lowest BCUT2D eigenvalue weighted by Crippen LogP contribution is -2.08. The second-order valence-electron chi connectivity index (χ2n) is 3.94. The Morgan fingerprint density at radius 1 is 1.37 bits per heavy atom. The summed E-state index contributed by atoms with van der Waals surface area (Å²) in [7, 11) is 0. The minimum Gasteiger partial charge on any atom is -0.486 e. The molecule has 2 heterocycles. The Kier molecular flexibility index (Phi) is 3.18. The molecule has 0 atom stereocenters. The third-order valence-corrected chi connectivity index (χ3v) is 4.49. The molecule has 4 nitrogen and oxygen atoms in total. The lowest BCUT2D eigenvalue weighted by atomic mass is 10.2. The first-order valence-electron chi connectivity index (χ1n) is 5.61. The molecule has 0 aliphatic rings. The summed E-state index contributed by atoms with van der Waals surface area (Å²) < 4.78 is 6.77. The van der Waals surface area contributed by atoms with Crippen molar-refractivity contribution in [1.82, 2.24) is 4.98 Å². The van der Waals surface area contributed by atoms with Gasteiger partial charge in [-0.05, 0) is 29.7 Å². The third-order valence-electron chi connectivity index (χ3n) is 2.60. The fraction of sp³-hybridized carbons (Fsp3) is 0.0769. The Morgan fingerprint density at radius 2 is 2.26 bits per heavy atom. The third kappa shape index (κ3) is 2.59. The van der Waals surface area contributed by atoms with E-state index in [1.54, 1.807) is 17.5 Å². The number of amidine groups is 1. The number of hydrogen-bond donors (Lipinski definition) is 2. The number of ether oxygens (including phenoxy) is 1. The molecule has 0 saturated heterocycles. The van der Waals surface area contributed by atoms with Crippen LogP contribution >= 0.6 is 22.7 Å². The van der Waals surface area contributed by atoms with Crippen LogP contribution in [0.2, 0.25) is 0 Å². The van der Waals surface area contributed by atoms with Gasteiger partial charge in [-0.2, -0.15) is 0 Å². The van der Waals surface area contributed by atoms with Gasteiger partial charge in [0.25, 0.3) is 0 Å². The highest BCUT2D eigenvalue weighted by molar-refractivity contribution is 7.20. The molecule has 19 heavy (non-hydrogen) atoms. The number of aromatic nitrogens is 1. The van der Waals surface area contributed by atoms with Crippen LogP contribution in [0.4, 0.5) is 0 Å². The Labute approximate surface area is 118 Å². The average molecular weight is 289 g/mol. The summed E-state index contributed by atoms with van der Waals surface area (Å²) in [5.74, 6) is 0.908. The van der Waals surface area contributed by atoms with Gasteiger partial charge in [0.1, 0.15) is 23.2 Å². The van der Waals surface area contributed by atoms with Crippen LogP contribution in [0.25, 0.3) is 10.1 Å². The van der Waals surface area contributed by atoms with Gasteiger partial charge in [-0.25, -0.2) is 4.98 Å². The van der Waals surface area contributed by atoms with E-state index in [0.29, 0.717) is 6.61 Å². The minimum absolute atomic E-state index is 0.103. The summed E-state index contributed by atoms with van der Waals surface area (Å²) in [6.45, 7) is 0.480. The van der Waals surface area contributed by atoms with Crippen molar-refractivity contribution in [3.05, 3.63) is 45.7 Å². The fourth-order valence-corrected chi connectivity index (χ4v) is 3.18. The molecule has 96 valence electrons. The number of thiophene rings is 1. The molecule has 0 unspecified atom stereocenters. The molecule has 0 bridgehead atoms. The molecule has 0 fully saturated rings. The second-order valence-corrected chi connectivity index (χ2v) is 6.00. The highest BCUT2D eigenvalue weighted by atomic mass is 32.1. The van der Waals surface area contributed by atoms with Crippen molar-refractivity contribution in [2.75, 3.05) is 0 Å². The number of fused-ring (bicyclic) bond motifs is 1. The van der Waals surface area contributed by atoms with E-state index in [1.807, 2.05) is 29.6 Å². The largest absolute Gasteiger partial charge is 0.486 e. The summed E-state index contributed by atoms with van der Waals surface area (Å²) in [4.78, 5) is 4.96. The van der Waals surface area contributed by atoms with E-state index in [9.17, 15) is 0 Å². The van der Waals surface area contributed by atoms with E-state index in [-0.39, 0.29) is 5.84 Å². The molecular formula is C13H11N3OS2. The second kappa shape index (κ2) is 4.99. The predicted octanol–water partition coefficient (Wildman–Crippen LogP) is 3.22. The number of nitrogen functional groups attached to an aromatic ring is 1. The zero-order chi connectivity index (χ0) is 13.2. The van der Waals surface area contributed by atoms with Gasteiger partial charge in [0, 0.05) is 16.3 Å². The van der Waals surface area contributed by atoms with Crippen LogP contribution < -0.4 is 10.5 Å². The van der Waals surface area contributed by atoms with Crippen LogP contribution in [-0.4, -0.2) is 10.8 Å². The molecule has 6 heteroatoms. The van der Waals surface area contributed by atoms with Crippen LogP contribution in [0.5, 0.6) is 5.75 Å². The van der Waals surface area contributed by atoms with Crippen LogP contribution in [-0.2, 0) is 6.61 Å². The molecule has 1 aromatic carbocycles. The summed E-state index contributed by atoms with van der Waals surface area (Å²) >= 11 is 3.08. The van der Waals surface area contributed by atoms with E-state index >= 15 is 0 Å². The Hall–Kier alpha value is -1.92.